The maximum atomic E-state index is 11.8. The van der Waals surface area contributed by atoms with Crippen molar-refractivity contribution in [3.8, 4) is 11.5 Å². The summed E-state index contributed by atoms with van der Waals surface area (Å²) in [6.07, 6.45) is 4.48. The third-order valence-electron chi connectivity index (χ3n) is 3.38. The van der Waals surface area contributed by atoms with Gasteiger partial charge in [0.15, 0.2) is 11.5 Å². The van der Waals surface area contributed by atoms with Crippen molar-refractivity contribution in [1.29, 1.82) is 0 Å². The van der Waals surface area contributed by atoms with Crippen molar-refractivity contribution in [2.75, 3.05) is 13.7 Å². The van der Waals surface area contributed by atoms with Crippen molar-refractivity contribution in [3.05, 3.63) is 35.9 Å². The molecule has 4 nitrogen and oxygen atoms in total. The first-order chi connectivity index (χ1) is 11.2. The van der Waals surface area contributed by atoms with Crippen LogP contribution in [0.1, 0.15) is 46.6 Å². The molecule has 0 spiro atoms. The number of methoxy groups -OCH3 is 1. The van der Waals surface area contributed by atoms with Crippen LogP contribution in [0.3, 0.4) is 0 Å². The average molecular weight is 333 g/mol. The minimum Gasteiger partial charge on any atom is -0.493 e. The maximum absolute atomic E-state index is 11.8. The molecule has 0 atom stereocenters. The van der Waals surface area contributed by atoms with E-state index in [2.05, 4.69) is 39.9 Å². The summed E-state index contributed by atoms with van der Waals surface area (Å²) in [5.41, 5.74) is 0.968. The van der Waals surface area contributed by atoms with E-state index in [1.165, 1.54) is 0 Å². The second kappa shape index (κ2) is 9.36. The molecule has 0 saturated heterocycles. The molecule has 0 unspecified atom stereocenters. The second-order valence-electron chi connectivity index (χ2n) is 7.43. The first kappa shape index (κ1) is 20.1. The molecule has 0 aromatic heterocycles. The van der Waals surface area contributed by atoms with Gasteiger partial charge in [0.2, 0.25) is 5.91 Å². The number of benzene rings is 1. The lowest BCUT2D eigenvalue weighted by Gasteiger charge is -2.13. The zero-order valence-electron chi connectivity index (χ0n) is 15.8. The number of ether oxygens (including phenoxy) is 2. The molecule has 1 N–H and O–H groups in total. The predicted octanol–water partition coefficient (Wildman–Crippen LogP) is 4.34. The topological polar surface area (TPSA) is 47.6 Å². The van der Waals surface area contributed by atoms with E-state index in [0.29, 0.717) is 24.8 Å². The molecule has 134 valence electrons. The van der Waals surface area contributed by atoms with E-state index in [1.807, 2.05) is 24.3 Å². The number of carbonyl (C=O) groups is 1. The van der Waals surface area contributed by atoms with Gasteiger partial charge in [-0.25, -0.2) is 0 Å². The van der Waals surface area contributed by atoms with Gasteiger partial charge in [-0.05, 0) is 41.5 Å². The Morgan fingerprint density at radius 1 is 1.25 bits per heavy atom. The quantitative estimate of drug-likeness (QED) is 0.720. The summed E-state index contributed by atoms with van der Waals surface area (Å²) < 4.78 is 11.2. The predicted molar refractivity (Wildman–Crippen MR) is 98.4 cm³/mol. The number of allylic oxidation sites excluding steroid dienone is 1. The van der Waals surface area contributed by atoms with E-state index in [4.69, 9.17) is 9.47 Å². The van der Waals surface area contributed by atoms with Gasteiger partial charge >= 0.3 is 0 Å². The largest absolute Gasteiger partial charge is 0.493 e. The Morgan fingerprint density at radius 2 is 1.96 bits per heavy atom. The number of hydrogen-bond donors (Lipinski definition) is 1. The van der Waals surface area contributed by atoms with Gasteiger partial charge in [-0.1, -0.05) is 46.8 Å². The van der Waals surface area contributed by atoms with Gasteiger partial charge in [0.25, 0.3) is 0 Å². The van der Waals surface area contributed by atoms with E-state index >= 15 is 0 Å². The summed E-state index contributed by atoms with van der Waals surface area (Å²) in [5, 5.41) is 2.88. The van der Waals surface area contributed by atoms with Gasteiger partial charge in [0.05, 0.1) is 13.7 Å². The van der Waals surface area contributed by atoms with Crippen LogP contribution in [0.5, 0.6) is 11.5 Å². The third kappa shape index (κ3) is 8.04. The SMILES string of the molecule is COc1cc(CNC(=O)C=CC(C)(C)C)ccc1OCCC(C)C. The standard InChI is InChI=1S/C20H31NO3/c1-15(2)10-12-24-17-8-7-16(13-18(17)23-6)14-21-19(22)9-11-20(3,4)5/h7-9,11,13,15H,10,12,14H2,1-6H3,(H,21,22). The molecular formula is C20H31NO3. The lowest BCUT2D eigenvalue weighted by Crippen LogP contribution is -2.21. The van der Waals surface area contributed by atoms with Crippen LogP contribution in [0.4, 0.5) is 0 Å². The highest BCUT2D eigenvalue weighted by molar-refractivity contribution is 5.87. The van der Waals surface area contributed by atoms with E-state index in [9.17, 15) is 4.79 Å². The van der Waals surface area contributed by atoms with Crippen LogP contribution in [0.15, 0.2) is 30.4 Å². The van der Waals surface area contributed by atoms with Crippen LogP contribution < -0.4 is 14.8 Å². The fourth-order valence-corrected chi connectivity index (χ4v) is 1.92. The molecule has 0 heterocycles. The smallest absolute Gasteiger partial charge is 0.243 e. The molecule has 0 fully saturated rings. The lowest BCUT2D eigenvalue weighted by atomic mass is 9.96. The summed E-state index contributed by atoms with van der Waals surface area (Å²) in [5.74, 6) is 1.93. The van der Waals surface area contributed by atoms with Crippen molar-refractivity contribution < 1.29 is 14.3 Å². The molecule has 0 saturated carbocycles. The Bertz CT molecular complexity index is 556. The lowest BCUT2D eigenvalue weighted by molar-refractivity contribution is -0.116. The summed E-state index contributed by atoms with van der Waals surface area (Å²) >= 11 is 0. The number of rotatable bonds is 8. The molecule has 0 aliphatic heterocycles. The van der Waals surface area contributed by atoms with Crippen molar-refractivity contribution in [3.63, 3.8) is 0 Å². The monoisotopic (exact) mass is 333 g/mol. The highest BCUT2D eigenvalue weighted by Crippen LogP contribution is 2.28. The summed E-state index contributed by atoms with van der Waals surface area (Å²) in [7, 11) is 1.62. The van der Waals surface area contributed by atoms with Gasteiger partial charge in [-0.2, -0.15) is 0 Å². The molecule has 0 radical (unpaired) electrons. The van der Waals surface area contributed by atoms with Crippen molar-refractivity contribution in [2.24, 2.45) is 11.3 Å². The first-order valence-corrected chi connectivity index (χ1v) is 8.48. The van der Waals surface area contributed by atoms with Crippen LogP contribution in [0.2, 0.25) is 0 Å². The average Bonchev–Trinajstić information content (AvgIpc) is 2.50. The van der Waals surface area contributed by atoms with Crippen LogP contribution in [-0.4, -0.2) is 19.6 Å². The van der Waals surface area contributed by atoms with Crippen LogP contribution in [0, 0.1) is 11.3 Å². The van der Waals surface area contributed by atoms with Gasteiger partial charge in [-0.3, -0.25) is 4.79 Å². The van der Waals surface area contributed by atoms with Crippen LogP contribution in [0.25, 0.3) is 0 Å². The summed E-state index contributed by atoms with van der Waals surface area (Å²) in [4.78, 5) is 11.8. The van der Waals surface area contributed by atoms with E-state index in [-0.39, 0.29) is 11.3 Å². The second-order valence-corrected chi connectivity index (χ2v) is 7.43. The molecule has 1 aromatic rings. The molecule has 24 heavy (non-hydrogen) atoms. The molecule has 1 aromatic carbocycles. The van der Waals surface area contributed by atoms with Gasteiger partial charge < -0.3 is 14.8 Å². The Morgan fingerprint density at radius 3 is 2.54 bits per heavy atom. The Hall–Kier alpha value is -1.97. The van der Waals surface area contributed by atoms with Gasteiger partial charge in [-0.15, -0.1) is 0 Å². The normalized spacial score (nSPS) is 11.8. The zero-order valence-corrected chi connectivity index (χ0v) is 15.8. The molecule has 0 aliphatic carbocycles. The first-order valence-electron chi connectivity index (χ1n) is 8.48. The Labute approximate surface area is 146 Å². The molecule has 0 aliphatic rings. The zero-order chi connectivity index (χ0) is 18.2. The van der Waals surface area contributed by atoms with Gasteiger partial charge in [0.1, 0.15) is 0 Å². The summed E-state index contributed by atoms with van der Waals surface area (Å²) in [6.45, 7) is 11.6. The van der Waals surface area contributed by atoms with Crippen molar-refractivity contribution in [1.82, 2.24) is 5.32 Å². The number of hydrogen-bond acceptors (Lipinski definition) is 3. The van der Waals surface area contributed by atoms with Gasteiger partial charge in [0, 0.05) is 6.54 Å². The number of amides is 1. The molecule has 1 rings (SSSR count). The fraction of sp³-hybridized carbons (Fsp3) is 0.550. The minimum atomic E-state index is -0.0962. The Kier molecular flexibility index (Phi) is 7.83. The number of nitrogens with one attached hydrogen (secondary N) is 1. The van der Waals surface area contributed by atoms with Crippen LogP contribution >= 0.6 is 0 Å². The summed E-state index contributed by atoms with van der Waals surface area (Å²) in [6, 6.07) is 5.74. The molecule has 0 bridgehead atoms. The highest BCUT2D eigenvalue weighted by atomic mass is 16.5. The Balaban J connectivity index is 2.61. The van der Waals surface area contributed by atoms with Crippen LogP contribution in [-0.2, 0) is 11.3 Å². The fourth-order valence-electron chi connectivity index (χ4n) is 1.92. The molecular weight excluding hydrogens is 302 g/mol. The third-order valence-corrected chi connectivity index (χ3v) is 3.38. The molecule has 1 amide bonds. The van der Waals surface area contributed by atoms with Crippen molar-refractivity contribution >= 4 is 5.91 Å². The van der Waals surface area contributed by atoms with E-state index in [0.717, 1.165) is 17.7 Å². The number of carbonyl (C=O) groups excluding carboxylic acids is 1. The van der Waals surface area contributed by atoms with E-state index < -0.39 is 0 Å². The molecule has 4 heteroatoms. The maximum Gasteiger partial charge on any atom is 0.243 e. The highest BCUT2D eigenvalue weighted by Gasteiger charge is 2.08. The van der Waals surface area contributed by atoms with E-state index in [1.54, 1.807) is 13.2 Å². The minimum absolute atomic E-state index is 0.00443. The van der Waals surface area contributed by atoms with Crippen molar-refractivity contribution in [2.45, 2.75) is 47.6 Å².